The van der Waals surface area contributed by atoms with Crippen molar-refractivity contribution in [1.29, 1.82) is 0 Å². The first-order valence-electron chi connectivity index (χ1n) is 7.38. The summed E-state index contributed by atoms with van der Waals surface area (Å²) in [6.07, 6.45) is 3.68. The van der Waals surface area contributed by atoms with Crippen molar-refractivity contribution in [1.82, 2.24) is 5.32 Å². The number of nitrogens with two attached hydrogens (primary N) is 2. The smallest absolute Gasteiger partial charge is 0.238 e. The van der Waals surface area contributed by atoms with Crippen molar-refractivity contribution in [3.63, 3.8) is 0 Å². The lowest BCUT2D eigenvalue weighted by Gasteiger charge is -2.37. The topological polar surface area (TPSA) is 115 Å². The molecule has 2 atom stereocenters. The van der Waals surface area contributed by atoms with Gasteiger partial charge in [0.25, 0.3) is 0 Å². The summed E-state index contributed by atoms with van der Waals surface area (Å²) in [5.74, 6) is -0.284. The molecule has 1 aliphatic rings. The number of hydrogen-bond acceptors (Lipinski definition) is 4. The molecule has 5 N–H and O–H groups in total. The number of carbonyl (C=O) groups is 1. The van der Waals surface area contributed by atoms with Crippen LogP contribution >= 0.6 is 0 Å². The minimum atomic E-state index is -3.74. The first-order valence-corrected chi connectivity index (χ1v) is 8.93. The summed E-state index contributed by atoms with van der Waals surface area (Å²) in [5.41, 5.74) is 6.42. The van der Waals surface area contributed by atoms with Crippen LogP contribution in [0.1, 0.15) is 38.2 Å². The number of rotatable bonds is 4. The van der Waals surface area contributed by atoms with E-state index in [4.69, 9.17) is 10.9 Å². The molecule has 1 aromatic rings. The summed E-state index contributed by atoms with van der Waals surface area (Å²) < 4.78 is 22.7. The van der Waals surface area contributed by atoms with Gasteiger partial charge in [-0.15, -0.1) is 0 Å². The lowest BCUT2D eigenvalue weighted by Crippen LogP contribution is -2.52. The fourth-order valence-corrected chi connectivity index (χ4v) is 3.52. The summed E-state index contributed by atoms with van der Waals surface area (Å²) in [6, 6.07) is 6.25. The van der Waals surface area contributed by atoms with E-state index in [1.807, 2.05) is 6.92 Å². The Hall–Kier alpha value is -1.44. The summed E-state index contributed by atoms with van der Waals surface area (Å²) in [6.45, 7) is 2.17. The number of hydrogen-bond donors (Lipinski definition) is 3. The quantitative estimate of drug-likeness (QED) is 0.761. The third-order valence-electron chi connectivity index (χ3n) is 4.26. The normalized spacial score (nSPS) is 25.7. The molecular formula is C15H23N3O3S. The van der Waals surface area contributed by atoms with Gasteiger partial charge in [0.05, 0.1) is 10.8 Å². The molecule has 1 aliphatic carbocycles. The molecule has 0 aromatic heterocycles. The van der Waals surface area contributed by atoms with E-state index in [0.717, 1.165) is 25.7 Å². The Morgan fingerprint density at radius 3 is 2.77 bits per heavy atom. The summed E-state index contributed by atoms with van der Waals surface area (Å²) in [5, 5.41) is 7.95. The van der Waals surface area contributed by atoms with Gasteiger partial charge in [-0.2, -0.15) is 0 Å². The van der Waals surface area contributed by atoms with Gasteiger partial charge in [-0.1, -0.05) is 25.0 Å². The Bertz CT molecular complexity index is 656. The van der Waals surface area contributed by atoms with Crippen molar-refractivity contribution < 1.29 is 13.2 Å². The van der Waals surface area contributed by atoms with Gasteiger partial charge in [0.2, 0.25) is 15.9 Å². The van der Waals surface area contributed by atoms with Crippen molar-refractivity contribution in [2.75, 3.05) is 0 Å². The van der Waals surface area contributed by atoms with Gasteiger partial charge in [-0.05, 0) is 37.5 Å². The predicted molar refractivity (Wildman–Crippen MR) is 84.2 cm³/mol. The molecular weight excluding hydrogens is 302 g/mol. The number of carbonyl (C=O) groups excluding carboxylic acids is 1. The molecule has 0 spiro atoms. The van der Waals surface area contributed by atoms with Crippen molar-refractivity contribution >= 4 is 15.9 Å². The number of amides is 1. The molecule has 0 heterocycles. The van der Waals surface area contributed by atoms with Gasteiger partial charge in [-0.3, -0.25) is 4.79 Å². The SMILES string of the molecule is CC1(N)CCCCC1C(=O)NCc1cccc(S(N)(=O)=O)c1. The van der Waals surface area contributed by atoms with Gasteiger partial charge in [0.1, 0.15) is 0 Å². The monoisotopic (exact) mass is 325 g/mol. The van der Waals surface area contributed by atoms with Crippen LogP contribution in [-0.4, -0.2) is 19.9 Å². The van der Waals surface area contributed by atoms with E-state index in [9.17, 15) is 13.2 Å². The van der Waals surface area contributed by atoms with Crippen LogP contribution in [0, 0.1) is 5.92 Å². The Labute approximate surface area is 131 Å². The Balaban J connectivity index is 2.02. The molecule has 22 heavy (non-hydrogen) atoms. The van der Waals surface area contributed by atoms with Crippen LogP contribution in [0.2, 0.25) is 0 Å². The average Bonchev–Trinajstić information content (AvgIpc) is 2.44. The fourth-order valence-electron chi connectivity index (χ4n) is 2.93. The van der Waals surface area contributed by atoms with E-state index in [0.29, 0.717) is 5.56 Å². The molecule has 0 aliphatic heterocycles. The first-order chi connectivity index (χ1) is 10.2. The van der Waals surface area contributed by atoms with Crippen LogP contribution in [-0.2, 0) is 21.4 Å². The van der Waals surface area contributed by atoms with Gasteiger partial charge in [0, 0.05) is 12.1 Å². The maximum absolute atomic E-state index is 12.3. The highest BCUT2D eigenvalue weighted by Gasteiger charge is 2.37. The van der Waals surface area contributed by atoms with E-state index in [1.54, 1.807) is 12.1 Å². The molecule has 6 nitrogen and oxygen atoms in total. The van der Waals surface area contributed by atoms with Crippen LogP contribution in [0.4, 0.5) is 0 Å². The van der Waals surface area contributed by atoms with Crippen molar-refractivity contribution in [2.24, 2.45) is 16.8 Å². The fraction of sp³-hybridized carbons (Fsp3) is 0.533. The van der Waals surface area contributed by atoms with Crippen LogP contribution in [0.25, 0.3) is 0 Å². The largest absolute Gasteiger partial charge is 0.352 e. The predicted octanol–water partition coefficient (Wildman–Crippen LogP) is 0.858. The maximum atomic E-state index is 12.3. The highest BCUT2D eigenvalue weighted by molar-refractivity contribution is 7.89. The Morgan fingerprint density at radius 2 is 2.14 bits per heavy atom. The molecule has 0 saturated heterocycles. The molecule has 0 radical (unpaired) electrons. The highest BCUT2D eigenvalue weighted by Crippen LogP contribution is 2.31. The second-order valence-electron chi connectivity index (χ2n) is 6.21. The van der Waals surface area contributed by atoms with Crippen molar-refractivity contribution in [3.8, 4) is 0 Å². The summed E-state index contributed by atoms with van der Waals surface area (Å²) in [7, 11) is -3.74. The maximum Gasteiger partial charge on any atom is 0.238 e. The van der Waals surface area contributed by atoms with Crippen molar-refractivity contribution in [3.05, 3.63) is 29.8 Å². The Kier molecular flexibility index (Phi) is 4.89. The van der Waals surface area contributed by atoms with Gasteiger partial charge in [-0.25, -0.2) is 13.6 Å². The van der Waals surface area contributed by atoms with E-state index < -0.39 is 15.6 Å². The minimum absolute atomic E-state index is 0.0422. The molecule has 7 heteroatoms. The first kappa shape index (κ1) is 16.9. The molecule has 0 bridgehead atoms. The number of sulfonamides is 1. The zero-order valence-corrected chi connectivity index (χ0v) is 13.5. The van der Waals surface area contributed by atoms with E-state index in [-0.39, 0.29) is 23.3 Å². The van der Waals surface area contributed by atoms with Crippen LogP contribution in [0.5, 0.6) is 0 Å². The third-order valence-corrected chi connectivity index (χ3v) is 5.18. The van der Waals surface area contributed by atoms with E-state index in [1.165, 1.54) is 12.1 Å². The lowest BCUT2D eigenvalue weighted by molar-refractivity contribution is -0.128. The number of primary sulfonamides is 1. The molecule has 1 saturated carbocycles. The average molecular weight is 325 g/mol. The van der Waals surface area contributed by atoms with E-state index >= 15 is 0 Å². The van der Waals surface area contributed by atoms with Gasteiger partial charge in [0.15, 0.2) is 0 Å². The second kappa shape index (κ2) is 6.36. The van der Waals surface area contributed by atoms with Crippen LogP contribution in [0.15, 0.2) is 29.2 Å². The summed E-state index contributed by atoms with van der Waals surface area (Å²) in [4.78, 5) is 12.4. The number of nitrogens with one attached hydrogen (secondary N) is 1. The van der Waals surface area contributed by atoms with Crippen LogP contribution in [0.3, 0.4) is 0 Å². The zero-order chi connectivity index (χ0) is 16.4. The minimum Gasteiger partial charge on any atom is -0.352 e. The van der Waals surface area contributed by atoms with Gasteiger partial charge >= 0.3 is 0 Å². The molecule has 1 fully saturated rings. The molecule has 1 amide bonds. The molecule has 2 rings (SSSR count). The molecule has 122 valence electrons. The van der Waals surface area contributed by atoms with Crippen LogP contribution < -0.4 is 16.2 Å². The standard InChI is InChI=1S/C15H23N3O3S/c1-15(16)8-3-2-7-13(15)14(19)18-10-11-5-4-6-12(9-11)22(17,20)21/h4-6,9,13H,2-3,7-8,10,16H2,1H3,(H,18,19)(H2,17,20,21). The molecule has 2 unspecified atom stereocenters. The van der Waals surface area contributed by atoms with Crippen molar-refractivity contribution in [2.45, 2.75) is 49.6 Å². The zero-order valence-electron chi connectivity index (χ0n) is 12.7. The molecule has 1 aromatic carbocycles. The lowest BCUT2D eigenvalue weighted by atomic mass is 9.74. The third kappa shape index (κ3) is 4.06. The Morgan fingerprint density at radius 1 is 1.41 bits per heavy atom. The number of benzene rings is 1. The summed E-state index contributed by atoms with van der Waals surface area (Å²) >= 11 is 0. The van der Waals surface area contributed by atoms with E-state index in [2.05, 4.69) is 5.32 Å². The van der Waals surface area contributed by atoms with Gasteiger partial charge < -0.3 is 11.1 Å². The highest BCUT2D eigenvalue weighted by atomic mass is 32.2. The second-order valence-corrected chi connectivity index (χ2v) is 7.78.